The molecule has 0 atom stereocenters. The van der Waals surface area contributed by atoms with Crippen molar-refractivity contribution in [2.75, 3.05) is 7.11 Å². The van der Waals surface area contributed by atoms with Crippen molar-refractivity contribution in [1.82, 2.24) is 24.5 Å². The van der Waals surface area contributed by atoms with E-state index >= 15 is 0 Å². The first kappa shape index (κ1) is 13.3. The highest BCUT2D eigenvalue weighted by molar-refractivity contribution is 5.88. The summed E-state index contributed by atoms with van der Waals surface area (Å²) in [7, 11) is 3.26. The molecule has 7 heteroatoms. The molecule has 0 saturated heterocycles. The standard InChI is InChI=1S/C12H17N5O2/c1-4-5-10-11(12(18)19-3)14-15-17(10)7-9-6-13-8-16(9)2/h6,8H,4-5,7H2,1-3H3. The molecule has 0 bridgehead atoms. The number of nitrogens with zero attached hydrogens (tertiary/aromatic N) is 5. The highest BCUT2D eigenvalue weighted by atomic mass is 16.5. The van der Waals surface area contributed by atoms with Crippen molar-refractivity contribution in [2.45, 2.75) is 26.3 Å². The molecule has 7 nitrogen and oxygen atoms in total. The SMILES string of the molecule is CCCc1c(C(=O)OC)nnn1Cc1cncn1C. The Morgan fingerprint density at radius 1 is 1.47 bits per heavy atom. The molecule has 2 aromatic rings. The number of hydrogen-bond donors (Lipinski definition) is 0. The third-order valence-electron chi connectivity index (χ3n) is 2.93. The lowest BCUT2D eigenvalue weighted by atomic mass is 10.2. The average Bonchev–Trinajstić information content (AvgIpc) is 2.98. The molecule has 102 valence electrons. The van der Waals surface area contributed by atoms with Gasteiger partial charge in [-0.1, -0.05) is 18.6 Å². The summed E-state index contributed by atoms with van der Waals surface area (Å²) in [4.78, 5) is 15.7. The molecule has 0 saturated carbocycles. The van der Waals surface area contributed by atoms with Gasteiger partial charge in [0.2, 0.25) is 0 Å². The molecule has 0 aromatic carbocycles. The molecular formula is C12H17N5O2. The Hall–Kier alpha value is -2.18. The van der Waals surface area contributed by atoms with Crippen LogP contribution in [0.15, 0.2) is 12.5 Å². The number of rotatable bonds is 5. The Bertz CT molecular complexity index is 572. The van der Waals surface area contributed by atoms with E-state index in [4.69, 9.17) is 4.74 Å². The van der Waals surface area contributed by atoms with E-state index in [1.54, 1.807) is 17.2 Å². The van der Waals surface area contributed by atoms with Crippen LogP contribution in [0.25, 0.3) is 0 Å². The number of esters is 1. The lowest BCUT2D eigenvalue weighted by Crippen LogP contribution is -2.12. The summed E-state index contributed by atoms with van der Waals surface area (Å²) in [5.41, 5.74) is 2.10. The predicted molar refractivity (Wildman–Crippen MR) is 67.7 cm³/mol. The third-order valence-corrected chi connectivity index (χ3v) is 2.93. The maximum Gasteiger partial charge on any atom is 0.360 e. The first-order chi connectivity index (χ1) is 9.17. The molecule has 0 unspecified atom stereocenters. The fraction of sp³-hybridized carbons (Fsp3) is 0.500. The van der Waals surface area contributed by atoms with Crippen LogP contribution in [0.3, 0.4) is 0 Å². The molecular weight excluding hydrogens is 246 g/mol. The van der Waals surface area contributed by atoms with Crippen LogP contribution in [0.1, 0.15) is 35.2 Å². The second-order valence-corrected chi connectivity index (χ2v) is 4.28. The number of hydrogen-bond acceptors (Lipinski definition) is 5. The highest BCUT2D eigenvalue weighted by Crippen LogP contribution is 2.12. The number of imidazole rings is 1. The van der Waals surface area contributed by atoms with Crippen molar-refractivity contribution in [2.24, 2.45) is 7.05 Å². The Kier molecular flexibility index (Phi) is 3.94. The van der Waals surface area contributed by atoms with Gasteiger partial charge in [0.25, 0.3) is 0 Å². The highest BCUT2D eigenvalue weighted by Gasteiger charge is 2.20. The summed E-state index contributed by atoms with van der Waals surface area (Å²) >= 11 is 0. The van der Waals surface area contributed by atoms with Crippen LogP contribution in [0, 0.1) is 0 Å². The zero-order valence-electron chi connectivity index (χ0n) is 11.3. The minimum absolute atomic E-state index is 0.298. The lowest BCUT2D eigenvalue weighted by molar-refractivity contribution is 0.0592. The van der Waals surface area contributed by atoms with Gasteiger partial charge >= 0.3 is 5.97 Å². The number of ether oxygens (including phenoxy) is 1. The molecule has 0 fully saturated rings. The Morgan fingerprint density at radius 2 is 2.26 bits per heavy atom. The average molecular weight is 263 g/mol. The molecule has 2 aromatic heterocycles. The van der Waals surface area contributed by atoms with Gasteiger partial charge in [-0.2, -0.15) is 0 Å². The smallest absolute Gasteiger partial charge is 0.360 e. The normalized spacial score (nSPS) is 10.7. The molecule has 0 aliphatic rings. The Balaban J connectivity index is 2.32. The number of aromatic nitrogens is 5. The molecule has 0 N–H and O–H groups in total. The topological polar surface area (TPSA) is 74.8 Å². The van der Waals surface area contributed by atoms with Crippen molar-refractivity contribution >= 4 is 5.97 Å². The van der Waals surface area contributed by atoms with Crippen LogP contribution in [0.2, 0.25) is 0 Å². The van der Waals surface area contributed by atoms with Gasteiger partial charge in [-0.15, -0.1) is 5.10 Å². The van der Waals surface area contributed by atoms with Crippen molar-refractivity contribution < 1.29 is 9.53 Å². The summed E-state index contributed by atoms with van der Waals surface area (Å²) in [6, 6.07) is 0. The molecule has 19 heavy (non-hydrogen) atoms. The van der Waals surface area contributed by atoms with E-state index in [0.717, 1.165) is 24.2 Å². The Morgan fingerprint density at radius 3 is 2.84 bits per heavy atom. The van der Waals surface area contributed by atoms with Crippen LogP contribution in [-0.4, -0.2) is 37.6 Å². The number of aryl methyl sites for hydroxylation is 1. The quantitative estimate of drug-likeness (QED) is 0.746. The van der Waals surface area contributed by atoms with Crippen LogP contribution in [0.4, 0.5) is 0 Å². The second kappa shape index (κ2) is 5.64. The van der Waals surface area contributed by atoms with Gasteiger partial charge in [0.15, 0.2) is 5.69 Å². The zero-order chi connectivity index (χ0) is 13.8. The van der Waals surface area contributed by atoms with Gasteiger partial charge in [0.05, 0.1) is 37.6 Å². The molecule has 0 aliphatic heterocycles. The minimum Gasteiger partial charge on any atom is -0.464 e. The van der Waals surface area contributed by atoms with E-state index in [1.165, 1.54) is 7.11 Å². The van der Waals surface area contributed by atoms with E-state index in [-0.39, 0.29) is 0 Å². The number of methoxy groups -OCH3 is 1. The molecule has 2 heterocycles. The maximum absolute atomic E-state index is 11.6. The maximum atomic E-state index is 11.6. The summed E-state index contributed by atoms with van der Waals surface area (Å²) in [5.74, 6) is -0.445. The van der Waals surface area contributed by atoms with Crippen molar-refractivity contribution in [3.05, 3.63) is 29.6 Å². The van der Waals surface area contributed by atoms with E-state index in [2.05, 4.69) is 15.3 Å². The summed E-state index contributed by atoms with van der Waals surface area (Å²) in [6.07, 6.45) is 5.14. The van der Waals surface area contributed by atoms with Crippen molar-refractivity contribution in [1.29, 1.82) is 0 Å². The van der Waals surface area contributed by atoms with Gasteiger partial charge in [0, 0.05) is 7.05 Å². The van der Waals surface area contributed by atoms with Crippen LogP contribution in [0.5, 0.6) is 0 Å². The molecule has 2 rings (SSSR count). The van der Waals surface area contributed by atoms with E-state index in [9.17, 15) is 4.79 Å². The largest absolute Gasteiger partial charge is 0.464 e. The summed E-state index contributed by atoms with van der Waals surface area (Å²) in [5, 5.41) is 7.97. The molecule has 0 amide bonds. The van der Waals surface area contributed by atoms with Gasteiger partial charge in [-0.05, 0) is 6.42 Å². The monoisotopic (exact) mass is 263 g/mol. The van der Waals surface area contributed by atoms with Gasteiger partial charge < -0.3 is 9.30 Å². The van der Waals surface area contributed by atoms with Crippen LogP contribution >= 0.6 is 0 Å². The van der Waals surface area contributed by atoms with Crippen LogP contribution < -0.4 is 0 Å². The molecule has 0 spiro atoms. The number of carbonyl (C=O) groups excluding carboxylic acids is 1. The fourth-order valence-electron chi connectivity index (χ4n) is 1.89. The van der Waals surface area contributed by atoms with Crippen molar-refractivity contribution in [3.8, 4) is 0 Å². The first-order valence-electron chi connectivity index (χ1n) is 6.13. The molecule has 0 aliphatic carbocycles. The van der Waals surface area contributed by atoms with E-state index < -0.39 is 5.97 Å². The first-order valence-corrected chi connectivity index (χ1v) is 6.13. The van der Waals surface area contributed by atoms with E-state index in [1.807, 2.05) is 18.5 Å². The van der Waals surface area contributed by atoms with Gasteiger partial charge in [-0.25, -0.2) is 14.5 Å². The fourth-order valence-corrected chi connectivity index (χ4v) is 1.89. The predicted octanol–water partition coefficient (Wildman–Crippen LogP) is 0.799. The summed E-state index contributed by atoms with van der Waals surface area (Å²) < 4.78 is 8.36. The van der Waals surface area contributed by atoms with Crippen molar-refractivity contribution in [3.63, 3.8) is 0 Å². The van der Waals surface area contributed by atoms with Gasteiger partial charge in [-0.3, -0.25) is 0 Å². The summed E-state index contributed by atoms with van der Waals surface area (Å²) in [6.45, 7) is 2.58. The third kappa shape index (κ3) is 2.64. The minimum atomic E-state index is -0.445. The van der Waals surface area contributed by atoms with Gasteiger partial charge in [0.1, 0.15) is 0 Å². The lowest BCUT2D eigenvalue weighted by Gasteiger charge is -2.07. The Labute approximate surface area is 111 Å². The zero-order valence-corrected chi connectivity index (χ0v) is 11.3. The number of carbonyl (C=O) groups is 1. The van der Waals surface area contributed by atoms with Crippen LogP contribution in [-0.2, 0) is 24.8 Å². The molecule has 0 radical (unpaired) electrons. The van der Waals surface area contributed by atoms with E-state index in [0.29, 0.717) is 12.2 Å². The second-order valence-electron chi connectivity index (χ2n) is 4.28.